The van der Waals surface area contributed by atoms with E-state index in [4.69, 9.17) is 0 Å². The van der Waals surface area contributed by atoms with Gasteiger partial charge in [0.05, 0.1) is 6.07 Å². The van der Waals surface area contributed by atoms with Crippen molar-refractivity contribution in [2.24, 2.45) is 0 Å². The van der Waals surface area contributed by atoms with Gasteiger partial charge in [0, 0.05) is 24.8 Å². The van der Waals surface area contributed by atoms with Crippen molar-refractivity contribution in [3.8, 4) is 6.07 Å². The summed E-state index contributed by atoms with van der Waals surface area (Å²) >= 11 is 0. The highest BCUT2D eigenvalue weighted by atomic mass is 15.2. The Morgan fingerprint density at radius 3 is 2.35 bits per heavy atom. The number of anilines is 1. The van der Waals surface area contributed by atoms with Gasteiger partial charge in [0.1, 0.15) is 5.54 Å². The van der Waals surface area contributed by atoms with Gasteiger partial charge >= 0.3 is 0 Å². The number of nitrogens with one attached hydrogen (secondary N) is 1. The molecule has 1 aliphatic heterocycles. The van der Waals surface area contributed by atoms with Gasteiger partial charge in [-0.05, 0) is 37.8 Å². The first-order valence-corrected chi connectivity index (χ1v) is 7.80. The zero-order valence-electron chi connectivity index (χ0n) is 12.0. The summed E-state index contributed by atoms with van der Waals surface area (Å²) in [7, 11) is 0. The Bertz CT molecular complexity index is 463. The van der Waals surface area contributed by atoms with Gasteiger partial charge in [-0.3, -0.25) is 5.32 Å². The lowest BCUT2D eigenvalue weighted by molar-refractivity contribution is 0.295. The molecule has 3 heteroatoms. The van der Waals surface area contributed by atoms with E-state index in [-0.39, 0.29) is 5.54 Å². The summed E-state index contributed by atoms with van der Waals surface area (Å²) in [5.41, 5.74) is 0.986. The number of rotatable bonds is 3. The third-order valence-corrected chi connectivity index (χ3v) is 4.79. The summed E-state index contributed by atoms with van der Waals surface area (Å²) in [4.78, 5) is 2.39. The van der Waals surface area contributed by atoms with Crippen molar-refractivity contribution in [1.82, 2.24) is 5.32 Å². The molecule has 1 saturated heterocycles. The molecule has 1 N–H and O–H groups in total. The Kier molecular flexibility index (Phi) is 3.93. The molecule has 1 saturated carbocycles. The predicted molar refractivity (Wildman–Crippen MR) is 81.6 cm³/mol. The number of nitriles is 1. The van der Waals surface area contributed by atoms with E-state index in [1.807, 2.05) is 0 Å². The number of para-hydroxylation sites is 1. The zero-order chi connectivity index (χ0) is 13.8. The van der Waals surface area contributed by atoms with Gasteiger partial charge in [0.2, 0.25) is 0 Å². The monoisotopic (exact) mass is 269 g/mol. The second-order valence-corrected chi connectivity index (χ2v) is 6.14. The molecule has 1 aromatic carbocycles. The third kappa shape index (κ3) is 2.81. The molecular weight excluding hydrogens is 246 g/mol. The van der Waals surface area contributed by atoms with E-state index in [0.717, 1.165) is 25.9 Å². The Hall–Kier alpha value is -1.53. The fraction of sp³-hybridized carbons (Fsp3) is 0.588. The minimum Gasteiger partial charge on any atom is -0.371 e. The molecule has 3 nitrogen and oxygen atoms in total. The largest absolute Gasteiger partial charge is 0.371 e. The molecular formula is C17H23N3. The summed E-state index contributed by atoms with van der Waals surface area (Å²) < 4.78 is 0. The van der Waals surface area contributed by atoms with Crippen molar-refractivity contribution >= 4 is 5.69 Å². The Morgan fingerprint density at radius 2 is 1.75 bits per heavy atom. The molecule has 0 amide bonds. The Balaban J connectivity index is 1.62. The zero-order valence-corrected chi connectivity index (χ0v) is 12.0. The second-order valence-electron chi connectivity index (χ2n) is 6.14. The Morgan fingerprint density at radius 1 is 1.10 bits per heavy atom. The van der Waals surface area contributed by atoms with Crippen LogP contribution in [0.3, 0.4) is 0 Å². The van der Waals surface area contributed by atoms with Crippen LogP contribution in [0, 0.1) is 11.3 Å². The van der Waals surface area contributed by atoms with Gasteiger partial charge in [0.15, 0.2) is 0 Å². The van der Waals surface area contributed by atoms with Gasteiger partial charge in [-0.25, -0.2) is 0 Å². The molecule has 1 heterocycles. The molecule has 2 fully saturated rings. The van der Waals surface area contributed by atoms with Crippen LogP contribution >= 0.6 is 0 Å². The molecule has 106 valence electrons. The molecule has 20 heavy (non-hydrogen) atoms. The lowest BCUT2D eigenvalue weighted by Crippen LogP contribution is -2.55. The first kappa shape index (κ1) is 13.5. The molecule has 2 aliphatic rings. The summed E-state index contributed by atoms with van der Waals surface area (Å²) in [6, 6.07) is 13.7. The van der Waals surface area contributed by atoms with E-state index in [9.17, 15) is 5.26 Å². The number of nitrogens with zero attached hydrogens (tertiary/aromatic N) is 2. The van der Waals surface area contributed by atoms with Gasteiger partial charge in [-0.1, -0.05) is 31.0 Å². The van der Waals surface area contributed by atoms with E-state index < -0.39 is 0 Å². The first-order chi connectivity index (χ1) is 9.81. The van der Waals surface area contributed by atoms with E-state index in [0.29, 0.717) is 6.04 Å². The molecule has 0 radical (unpaired) electrons. The highest BCUT2D eigenvalue weighted by molar-refractivity contribution is 5.46. The van der Waals surface area contributed by atoms with Crippen LogP contribution in [0.2, 0.25) is 0 Å². The van der Waals surface area contributed by atoms with Crippen LogP contribution in [-0.4, -0.2) is 24.7 Å². The minimum atomic E-state index is -0.291. The van der Waals surface area contributed by atoms with E-state index >= 15 is 0 Å². The average Bonchev–Trinajstić information content (AvgIpc) is 3.02. The van der Waals surface area contributed by atoms with Crippen LogP contribution in [0.15, 0.2) is 30.3 Å². The number of benzene rings is 1. The summed E-state index contributed by atoms with van der Waals surface area (Å²) in [6.07, 6.45) is 6.96. The van der Waals surface area contributed by atoms with Crippen LogP contribution in [-0.2, 0) is 0 Å². The van der Waals surface area contributed by atoms with Crippen molar-refractivity contribution in [2.75, 3.05) is 18.0 Å². The molecule has 1 aliphatic carbocycles. The van der Waals surface area contributed by atoms with E-state index in [1.165, 1.54) is 31.4 Å². The molecule has 0 aromatic heterocycles. The van der Waals surface area contributed by atoms with Crippen LogP contribution in [0.5, 0.6) is 0 Å². The summed E-state index contributed by atoms with van der Waals surface area (Å²) in [6.45, 7) is 1.94. The molecule has 0 bridgehead atoms. The lowest BCUT2D eigenvalue weighted by Gasteiger charge is -2.40. The van der Waals surface area contributed by atoms with Gasteiger partial charge < -0.3 is 4.90 Å². The van der Waals surface area contributed by atoms with Crippen molar-refractivity contribution in [2.45, 2.75) is 50.1 Å². The standard InChI is InChI=1S/C17H23N3/c18-14-17(19-15-6-4-5-7-15)10-12-20(13-11-17)16-8-2-1-3-9-16/h1-3,8-9,15,19H,4-7,10-13H2. The highest BCUT2D eigenvalue weighted by Gasteiger charge is 2.36. The fourth-order valence-corrected chi connectivity index (χ4v) is 3.53. The minimum absolute atomic E-state index is 0.291. The second kappa shape index (κ2) is 5.85. The Labute approximate surface area is 121 Å². The van der Waals surface area contributed by atoms with Gasteiger partial charge in [-0.15, -0.1) is 0 Å². The third-order valence-electron chi connectivity index (χ3n) is 4.79. The lowest BCUT2D eigenvalue weighted by atomic mass is 9.87. The van der Waals surface area contributed by atoms with Crippen molar-refractivity contribution in [3.05, 3.63) is 30.3 Å². The van der Waals surface area contributed by atoms with E-state index in [2.05, 4.69) is 46.6 Å². The normalized spacial score (nSPS) is 22.6. The van der Waals surface area contributed by atoms with Crippen LogP contribution in [0.4, 0.5) is 5.69 Å². The molecule has 0 atom stereocenters. The molecule has 1 aromatic rings. The smallest absolute Gasteiger partial charge is 0.110 e. The first-order valence-electron chi connectivity index (χ1n) is 7.80. The van der Waals surface area contributed by atoms with Crippen molar-refractivity contribution < 1.29 is 0 Å². The maximum atomic E-state index is 9.63. The number of hydrogen-bond donors (Lipinski definition) is 1. The van der Waals surface area contributed by atoms with E-state index in [1.54, 1.807) is 0 Å². The van der Waals surface area contributed by atoms with Crippen LogP contribution in [0.1, 0.15) is 38.5 Å². The maximum Gasteiger partial charge on any atom is 0.110 e. The van der Waals surface area contributed by atoms with Gasteiger partial charge in [-0.2, -0.15) is 5.26 Å². The predicted octanol–water partition coefficient (Wildman–Crippen LogP) is 3.08. The number of hydrogen-bond acceptors (Lipinski definition) is 3. The molecule has 3 rings (SSSR count). The molecule has 0 spiro atoms. The highest BCUT2D eigenvalue weighted by Crippen LogP contribution is 2.29. The van der Waals surface area contributed by atoms with Gasteiger partial charge in [0.25, 0.3) is 0 Å². The summed E-state index contributed by atoms with van der Waals surface area (Å²) in [5.74, 6) is 0. The fourth-order valence-electron chi connectivity index (χ4n) is 3.53. The SMILES string of the molecule is N#CC1(NC2CCCC2)CCN(c2ccccc2)CC1. The summed E-state index contributed by atoms with van der Waals surface area (Å²) in [5, 5.41) is 13.3. The molecule has 0 unspecified atom stereocenters. The maximum absolute atomic E-state index is 9.63. The van der Waals surface area contributed by atoms with Crippen molar-refractivity contribution in [3.63, 3.8) is 0 Å². The quantitative estimate of drug-likeness (QED) is 0.916. The van der Waals surface area contributed by atoms with Crippen LogP contribution < -0.4 is 10.2 Å². The average molecular weight is 269 g/mol. The number of piperidine rings is 1. The topological polar surface area (TPSA) is 39.1 Å². The van der Waals surface area contributed by atoms with Crippen molar-refractivity contribution in [1.29, 1.82) is 5.26 Å². The van der Waals surface area contributed by atoms with Crippen LogP contribution in [0.25, 0.3) is 0 Å².